The van der Waals surface area contributed by atoms with Gasteiger partial charge in [0.25, 0.3) is 0 Å². The molecule has 41 heavy (non-hydrogen) atoms. The molecule has 2 rings (SSSR count). The third-order valence-corrected chi connectivity index (χ3v) is 7.28. The van der Waals surface area contributed by atoms with Crippen molar-refractivity contribution >= 4 is 41.0 Å². The van der Waals surface area contributed by atoms with Crippen molar-refractivity contribution in [3.8, 4) is 0 Å². The van der Waals surface area contributed by atoms with Crippen LogP contribution < -0.4 is 10.6 Å². The number of nitrogens with two attached hydrogens (primary N) is 1. The fraction of sp³-hybridized carbons (Fsp3) is 0.594. The number of aromatic nitrogens is 1. The van der Waals surface area contributed by atoms with E-state index in [4.69, 9.17) is 15.6 Å². The Bertz CT molecular complexity index is 1090. The molecule has 0 unspecified atom stereocenters. The summed E-state index contributed by atoms with van der Waals surface area (Å²) in [7, 11) is 0. The number of pyridine rings is 1. The van der Waals surface area contributed by atoms with Gasteiger partial charge >= 0.3 is 11.9 Å². The number of carbonyl (C=O) groups is 4. The van der Waals surface area contributed by atoms with Crippen LogP contribution in [0.15, 0.2) is 36.4 Å². The standard InChI is InChI=1S/C32H47N3O6/c1-2-3-4-5-6-7-8-9-10-11-12-17-26(23-29(33)37)41-32(40)28(19-15-20-31(38)39)35(24-36)30-22-21-25-16-13-14-18-27(25)34-30/h13-14,16,18,21-22,24,26,28H,2-12,15,17,19-20,23H2,1H3,(H2,33,37)(H,38,39)/t26-,28-/m0/s1. The van der Waals surface area contributed by atoms with Crippen LogP contribution in [0, 0.1) is 0 Å². The third-order valence-electron chi connectivity index (χ3n) is 7.28. The fourth-order valence-corrected chi connectivity index (χ4v) is 5.01. The van der Waals surface area contributed by atoms with E-state index < -0.39 is 30.0 Å². The topological polar surface area (TPSA) is 140 Å². The molecule has 0 aliphatic carbocycles. The summed E-state index contributed by atoms with van der Waals surface area (Å²) in [6, 6.07) is 9.74. The highest BCUT2D eigenvalue weighted by molar-refractivity contribution is 5.90. The van der Waals surface area contributed by atoms with Gasteiger partial charge in [0.15, 0.2) is 0 Å². The molecule has 2 atom stereocenters. The van der Waals surface area contributed by atoms with Crippen molar-refractivity contribution in [3.05, 3.63) is 36.4 Å². The molecule has 0 aliphatic rings. The van der Waals surface area contributed by atoms with Crippen molar-refractivity contribution in [2.45, 2.75) is 122 Å². The first-order valence-electron chi connectivity index (χ1n) is 15.2. The predicted octanol–water partition coefficient (Wildman–Crippen LogP) is 6.31. The van der Waals surface area contributed by atoms with Crippen LogP contribution >= 0.6 is 0 Å². The molecular weight excluding hydrogens is 522 g/mol. The molecule has 2 amide bonds. The highest BCUT2D eigenvalue weighted by Gasteiger charge is 2.31. The van der Waals surface area contributed by atoms with Gasteiger partial charge in [-0.05, 0) is 43.9 Å². The largest absolute Gasteiger partial charge is 0.481 e. The zero-order valence-corrected chi connectivity index (χ0v) is 24.5. The molecule has 226 valence electrons. The Morgan fingerprint density at radius 3 is 2.15 bits per heavy atom. The second-order valence-electron chi connectivity index (χ2n) is 10.7. The highest BCUT2D eigenvalue weighted by atomic mass is 16.5. The van der Waals surface area contributed by atoms with Gasteiger partial charge in [0.2, 0.25) is 12.3 Å². The number of carboxylic acids is 1. The number of nitrogens with zero attached hydrogens (tertiary/aromatic N) is 2. The van der Waals surface area contributed by atoms with Crippen molar-refractivity contribution in [3.63, 3.8) is 0 Å². The van der Waals surface area contributed by atoms with Crippen molar-refractivity contribution < 1.29 is 29.0 Å². The lowest BCUT2D eigenvalue weighted by Crippen LogP contribution is -2.43. The number of carboxylic acid groups (broad SMARTS) is 1. The van der Waals surface area contributed by atoms with E-state index in [2.05, 4.69) is 11.9 Å². The Balaban J connectivity index is 1.99. The first kappa shape index (κ1) is 33.7. The summed E-state index contributed by atoms with van der Waals surface area (Å²) in [6.45, 7) is 2.22. The number of hydrogen-bond acceptors (Lipinski definition) is 6. The lowest BCUT2D eigenvalue weighted by molar-refractivity contribution is -0.153. The Labute approximate surface area is 243 Å². The van der Waals surface area contributed by atoms with E-state index >= 15 is 0 Å². The molecular formula is C32H47N3O6. The van der Waals surface area contributed by atoms with Gasteiger partial charge in [0.05, 0.1) is 11.9 Å². The van der Waals surface area contributed by atoms with Crippen molar-refractivity contribution in [1.82, 2.24) is 4.98 Å². The van der Waals surface area contributed by atoms with Gasteiger partial charge in [-0.3, -0.25) is 19.3 Å². The van der Waals surface area contributed by atoms with Gasteiger partial charge in [0, 0.05) is 11.8 Å². The van der Waals surface area contributed by atoms with Crippen molar-refractivity contribution in [2.24, 2.45) is 5.73 Å². The second-order valence-corrected chi connectivity index (χ2v) is 10.7. The van der Waals surface area contributed by atoms with E-state index in [-0.39, 0.29) is 31.5 Å². The number of benzene rings is 1. The van der Waals surface area contributed by atoms with E-state index in [1.807, 2.05) is 18.2 Å². The maximum absolute atomic E-state index is 13.4. The van der Waals surface area contributed by atoms with Crippen molar-refractivity contribution in [1.29, 1.82) is 0 Å². The quantitative estimate of drug-likeness (QED) is 0.0908. The predicted molar refractivity (Wildman–Crippen MR) is 160 cm³/mol. The van der Waals surface area contributed by atoms with E-state index in [9.17, 15) is 19.2 Å². The molecule has 3 N–H and O–H groups in total. The maximum atomic E-state index is 13.4. The van der Waals surface area contributed by atoms with Crippen LogP contribution in [0.1, 0.15) is 110 Å². The minimum Gasteiger partial charge on any atom is -0.481 e. The lowest BCUT2D eigenvalue weighted by atomic mass is 10.0. The maximum Gasteiger partial charge on any atom is 0.329 e. The third kappa shape index (κ3) is 13.1. The van der Waals surface area contributed by atoms with E-state index in [1.165, 1.54) is 49.8 Å². The molecule has 2 aromatic rings. The van der Waals surface area contributed by atoms with Crippen LogP contribution in [0.3, 0.4) is 0 Å². The molecule has 0 saturated heterocycles. The summed E-state index contributed by atoms with van der Waals surface area (Å²) in [6.07, 6.45) is 13.2. The Morgan fingerprint density at radius 1 is 0.902 bits per heavy atom. The average Bonchev–Trinajstić information content (AvgIpc) is 2.94. The number of hydrogen-bond donors (Lipinski definition) is 2. The number of esters is 1. The van der Waals surface area contributed by atoms with Crippen LogP contribution in [0.4, 0.5) is 5.82 Å². The van der Waals surface area contributed by atoms with Crippen LogP contribution in [0.5, 0.6) is 0 Å². The minimum atomic E-state index is -1.09. The SMILES string of the molecule is CCCCCCCCCCCCC[C@@H](CC(N)=O)OC(=O)[C@H](CCCC(=O)O)N(C=O)c1ccc2ccccc2n1. The van der Waals surface area contributed by atoms with Crippen LogP contribution in [-0.4, -0.2) is 46.5 Å². The van der Waals surface area contributed by atoms with Gasteiger partial charge in [-0.1, -0.05) is 89.3 Å². The molecule has 1 aromatic carbocycles. The second kappa shape index (κ2) is 19.6. The average molecular weight is 570 g/mol. The summed E-state index contributed by atoms with van der Waals surface area (Å²) in [4.78, 5) is 54.2. The number of primary amides is 1. The molecule has 9 heteroatoms. The minimum absolute atomic E-state index is 0.0696. The number of ether oxygens (including phenoxy) is 1. The number of unbranched alkanes of at least 4 members (excludes halogenated alkanes) is 10. The monoisotopic (exact) mass is 569 g/mol. The van der Waals surface area contributed by atoms with E-state index in [0.717, 1.165) is 31.1 Å². The number of carbonyl (C=O) groups excluding carboxylic acids is 3. The fourth-order valence-electron chi connectivity index (χ4n) is 5.01. The number of anilines is 1. The molecule has 1 aromatic heterocycles. The molecule has 0 fully saturated rings. The first-order chi connectivity index (χ1) is 19.8. The number of aliphatic carboxylic acids is 1. The summed E-state index contributed by atoms with van der Waals surface area (Å²) in [5.74, 6) is -2.02. The molecule has 0 saturated carbocycles. The summed E-state index contributed by atoms with van der Waals surface area (Å²) >= 11 is 0. The number of rotatable bonds is 23. The first-order valence-corrected chi connectivity index (χ1v) is 15.2. The normalized spacial score (nSPS) is 12.5. The number of amides is 2. The summed E-state index contributed by atoms with van der Waals surface area (Å²) < 4.78 is 5.75. The number of para-hydroxylation sites is 1. The van der Waals surface area contributed by atoms with E-state index in [0.29, 0.717) is 18.3 Å². The Morgan fingerprint density at radius 2 is 1.54 bits per heavy atom. The Hall–Kier alpha value is -3.49. The zero-order chi connectivity index (χ0) is 29.9. The van der Waals surface area contributed by atoms with Crippen molar-refractivity contribution in [2.75, 3.05) is 4.90 Å². The van der Waals surface area contributed by atoms with Crippen LogP contribution in [-0.2, 0) is 23.9 Å². The summed E-state index contributed by atoms with van der Waals surface area (Å²) in [5, 5.41) is 9.99. The Kier molecular flexibility index (Phi) is 16.1. The molecule has 0 bridgehead atoms. The smallest absolute Gasteiger partial charge is 0.329 e. The van der Waals surface area contributed by atoms with Gasteiger partial charge in [-0.2, -0.15) is 0 Å². The molecule has 0 aliphatic heterocycles. The summed E-state index contributed by atoms with van der Waals surface area (Å²) in [5.41, 5.74) is 6.10. The lowest BCUT2D eigenvalue weighted by Gasteiger charge is -2.28. The molecule has 0 radical (unpaired) electrons. The molecule has 0 spiro atoms. The molecule has 9 nitrogen and oxygen atoms in total. The van der Waals surface area contributed by atoms with Gasteiger partial charge < -0.3 is 15.6 Å². The van der Waals surface area contributed by atoms with E-state index in [1.54, 1.807) is 18.2 Å². The van der Waals surface area contributed by atoms with Crippen LogP contribution in [0.25, 0.3) is 10.9 Å². The highest BCUT2D eigenvalue weighted by Crippen LogP contribution is 2.23. The molecule has 1 heterocycles. The van der Waals surface area contributed by atoms with Gasteiger partial charge in [-0.25, -0.2) is 9.78 Å². The number of fused-ring (bicyclic) bond motifs is 1. The van der Waals surface area contributed by atoms with Gasteiger partial charge in [0.1, 0.15) is 18.0 Å². The van der Waals surface area contributed by atoms with Crippen LogP contribution in [0.2, 0.25) is 0 Å². The zero-order valence-electron chi connectivity index (χ0n) is 24.5. The van der Waals surface area contributed by atoms with Gasteiger partial charge in [-0.15, -0.1) is 0 Å².